The summed E-state index contributed by atoms with van der Waals surface area (Å²) in [6.45, 7) is 2.95. The molecule has 2 nitrogen and oxygen atoms in total. The Morgan fingerprint density at radius 2 is 2.29 bits per heavy atom. The Labute approximate surface area is 82.2 Å². The summed E-state index contributed by atoms with van der Waals surface area (Å²) in [5.74, 6) is 0.340. The van der Waals surface area contributed by atoms with Gasteiger partial charge in [0.15, 0.2) is 0 Å². The van der Waals surface area contributed by atoms with Gasteiger partial charge in [-0.3, -0.25) is 0 Å². The van der Waals surface area contributed by atoms with Gasteiger partial charge in [-0.15, -0.1) is 0 Å². The van der Waals surface area contributed by atoms with Crippen LogP contribution >= 0.6 is 0 Å². The fraction of sp³-hybridized carbons (Fsp3) is 0.273. The van der Waals surface area contributed by atoms with Gasteiger partial charge in [0, 0.05) is 18.2 Å². The standard InChI is InChI=1S/C11H12FNO/c1-7-8(5-13)6-14-11-4-9(12)2-3-10(7)11/h2-4H,5-6,13H2,1H3. The minimum absolute atomic E-state index is 0.271. The molecule has 1 aliphatic rings. The third-order valence-corrected chi connectivity index (χ3v) is 2.53. The van der Waals surface area contributed by atoms with E-state index in [0.29, 0.717) is 18.9 Å². The molecule has 1 aliphatic heterocycles. The summed E-state index contributed by atoms with van der Waals surface area (Å²) >= 11 is 0. The maximum atomic E-state index is 12.9. The molecule has 2 rings (SSSR count). The number of hydrogen-bond acceptors (Lipinski definition) is 2. The summed E-state index contributed by atoms with van der Waals surface area (Å²) in [5.41, 5.74) is 8.69. The molecule has 0 saturated heterocycles. The van der Waals surface area contributed by atoms with E-state index < -0.39 is 0 Å². The SMILES string of the molecule is CC1=C(CN)COc2cc(F)ccc21. The normalized spacial score (nSPS) is 15.1. The molecule has 0 spiro atoms. The van der Waals surface area contributed by atoms with Crippen LogP contribution in [-0.2, 0) is 0 Å². The van der Waals surface area contributed by atoms with Crippen LogP contribution in [-0.4, -0.2) is 13.2 Å². The van der Waals surface area contributed by atoms with E-state index in [4.69, 9.17) is 10.5 Å². The van der Waals surface area contributed by atoms with Gasteiger partial charge in [-0.2, -0.15) is 0 Å². The molecule has 74 valence electrons. The zero-order chi connectivity index (χ0) is 10.1. The predicted molar refractivity (Wildman–Crippen MR) is 53.5 cm³/mol. The molecule has 0 saturated carbocycles. The number of ether oxygens (including phenoxy) is 1. The highest BCUT2D eigenvalue weighted by atomic mass is 19.1. The van der Waals surface area contributed by atoms with E-state index in [2.05, 4.69) is 0 Å². The topological polar surface area (TPSA) is 35.2 Å². The Hall–Kier alpha value is -1.35. The van der Waals surface area contributed by atoms with Crippen molar-refractivity contribution in [3.63, 3.8) is 0 Å². The minimum Gasteiger partial charge on any atom is -0.488 e. The molecule has 0 atom stereocenters. The third-order valence-electron chi connectivity index (χ3n) is 2.53. The van der Waals surface area contributed by atoms with Crippen LogP contribution in [0.25, 0.3) is 5.57 Å². The first-order valence-electron chi connectivity index (χ1n) is 4.54. The van der Waals surface area contributed by atoms with Crippen LogP contribution in [0, 0.1) is 5.82 Å². The molecule has 0 amide bonds. The van der Waals surface area contributed by atoms with Gasteiger partial charge >= 0.3 is 0 Å². The summed E-state index contributed by atoms with van der Waals surface area (Å²) in [7, 11) is 0. The molecule has 0 radical (unpaired) electrons. The molecule has 0 fully saturated rings. The largest absolute Gasteiger partial charge is 0.488 e. The lowest BCUT2D eigenvalue weighted by Gasteiger charge is -2.21. The molecule has 0 aliphatic carbocycles. The van der Waals surface area contributed by atoms with Crippen molar-refractivity contribution in [1.82, 2.24) is 0 Å². The van der Waals surface area contributed by atoms with Crippen molar-refractivity contribution >= 4 is 5.57 Å². The molecule has 1 aromatic rings. The highest BCUT2D eigenvalue weighted by Gasteiger charge is 2.16. The van der Waals surface area contributed by atoms with E-state index in [1.54, 1.807) is 6.07 Å². The molecule has 1 aromatic carbocycles. The lowest BCUT2D eigenvalue weighted by molar-refractivity contribution is 0.342. The number of halogens is 1. The van der Waals surface area contributed by atoms with Crippen LogP contribution in [0.5, 0.6) is 5.75 Å². The van der Waals surface area contributed by atoms with Crippen molar-refractivity contribution in [3.8, 4) is 5.75 Å². The van der Waals surface area contributed by atoms with Crippen LogP contribution in [0.3, 0.4) is 0 Å². The second-order valence-corrected chi connectivity index (χ2v) is 3.36. The first-order chi connectivity index (χ1) is 6.72. The van der Waals surface area contributed by atoms with Crippen molar-refractivity contribution in [3.05, 3.63) is 35.2 Å². The van der Waals surface area contributed by atoms with Crippen LogP contribution in [0.2, 0.25) is 0 Å². The van der Waals surface area contributed by atoms with Crippen molar-refractivity contribution in [2.45, 2.75) is 6.92 Å². The van der Waals surface area contributed by atoms with Gasteiger partial charge in [0.1, 0.15) is 18.2 Å². The van der Waals surface area contributed by atoms with E-state index in [9.17, 15) is 4.39 Å². The van der Waals surface area contributed by atoms with E-state index in [1.807, 2.05) is 6.92 Å². The molecule has 1 heterocycles. The van der Waals surface area contributed by atoms with Gasteiger partial charge in [0.2, 0.25) is 0 Å². The number of allylic oxidation sites excluding steroid dienone is 1. The van der Waals surface area contributed by atoms with Gasteiger partial charge in [0.25, 0.3) is 0 Å². The van der Waals surface area contributed by atoms with Crippen LogP contribution in [0.1, 0.15) is 12.5 Å². The quantitative estimate of drug-likeness (QED) is 0.739. The Balaban J connectivity index is 2.52. The Kier molecular flexibility index (Phi) is 2.25. The van der Waals surface area contributed by atoms with Gasteiger partial charge < -0.3 is 10.5 Å². The smallest absolute Gasteiger partial charge is 0.130 e. The van der Waals surface area contributed by atoms with Gasteiger partial charge in [-0.05, 0) is 30.2 Å². The van der Waals surface area contributed by atoms with Crippen LogP contribution in [0.4, 0.5) is 4.39 Å². The maximum Gasteiger partial charge on any atom is 0.130 e. The summed E-state index contributed by atoms with van der Waals surface area (Å²) in [5, 5.41) is 0. The number of rotatable bonds is 1. The average Bonchev–Trinajstić information content (AvgIpc) is 2.18. The number of fused-ring (bicyclic) bond motifs is 1. The van der Waals surface area contributed by atoms with Gasteiger partial charge in [-0.1, -0.05) is 0 Å². The van der Waals surface area contributed by atoms with Crippen LogP contribution < -0.4 is 10.5 Å². The van der Waals surface area contributed by atoms with E-state index in [1.165, 1.54) is 12.1 Å². The number of hydrogen-bond donors (Lipinski definition) is 1. The summed E-state index contributed by atoms with van der Waals surface area (Å²) in [4.78, 5) is 0. The van der Waals surface area contributed by atoms with Crippen molar-refractivity contribution < 1.29 is 9.13 Å². The predicted octanol–water partition coefficient (Wildman–Crippen LogP) is 1.95. The highest BCUT2D eigenvalue weighted by molar-refractivity contribution is 5.73. The maximum absolute atomic E-state index is 12.9. The first-order valence-corrected chi connectivity index (χ1v) is 4.54. The molecule has 0 bridgehead atoms. The second kappa shape index (κ2) is 3.42. The van der Waals surface area contributed by atoms with Crippen LogP contribution in [0.15, 0.2) is 23.8 Å². The molecular weight excluding hydrogens is 181 g/mol. The summed E-state index contributed by atoms with van der Waals surface area (Å²) in [6.07, 6.45) is 0. The van der Waals surface area contributed by atoms with E-state index >= 15 is 0 Å². The first kappa shape index (κ1) is 9.21. The van der Waals surface area contributed by atoms with Crippen molar-refractivity contribution in [2.24, 2.45) is 5.73 Å². The summed E-state index contributed by atoms with van der Waals surface area (Å²) in [6, 6.07) is 4.58. The number of nitrogens with two attached hydrogens (primary N) is 1. The van der Waals surface area contributed by atoms with Crippen molar-refractivity contribution in [1.29, 1.82) is 0 Å². The lowest BCUT2D eigenvalue weighted by Crippen LogP contribution is -2.17. The molecule has 0 unspecified atom stereocenters. The molecule has 3 heteroatoms. The fourth-order valence-electron chi connectivity index (χ4n) is 1.60. The summed E-state index contributed by atoms with van der Waals surface area (Å²) < 4.78 is 18.3. The van der Waals surface area contributed by atoms with E-state index in [-0.39, 0.29) is 5.82 Å². The second-order valence-electron chi connectivity index (χ2n) is 3.36. The third kappa shape index (κ3) is 1.40. The molecule has 2 N–H and O–H groups in total. The zero-order valence-electron chi connectivity index (χ0n) is 8.01. The van der Waals surface area contributed by atoms with Gasteiger partial charge in [-0.25, -0.2) is 4.39 Å². The Bertz CT molecular complexity index is 398. The zero-order valence-corrected chi connectivity index (χ0v) is 8.01. The highest BCUT2D eigenvalue weighted by Crippen LogP contribution is 2.32. The number of benzene rings is 1. The average molecular weight is 193 g/mol. The molecule has 14 heavy (non-hydrogen) atoms. The Morgan fingerprint density at radius 3 is 3.00 bits per heavy atom. The fourth-order valence-corrected chi connectivity index (χ4v) is 1.60. The molecule has 0 aromatic heterocycles. The Morgan fingerprint density at radius 1 is 1.50 bits per heavy atom. The lowest BCUT2D eigenvalue weighted by atomic mass is 9.98. The minimum atomic E-state index is -0.271. The van der Waals surface area contributed by atoms with Crippen molar-refractivity contribution in [2.75, 3.05) is 13.2 Å². The van der Waals surface area contributed by atoms with Gasteiger partial charge in [0.05, 0.1) is 0 Å². The van der Waals surface area contributed by atoms with E-state index in [0.717, 1.165) is 16.7 Å². The monoisotopic (exact) mass is 193 g/mol. The molecular formula is C11H12FNO.